The Labute approximate surface area is 212 Å². The largest absolute Gasteiger partial charge is 0.384 e. The quantitative estimate of drug-likeness (QED) is 0.265. The molecule has 186 valence electrons. The van der Waals surface area contributed by atoms with Crippen LogP contribution in [0.4, 0.5) is 0 Å². The summed E-state index contributed by atoms with van der Waals surface area (Å²) in [6.07, 6.45) is 7.20. The van der Waals surface area contributed by atoms with E-state index in [1.807, 2.05) is 14.2 Å². The monoisotopic (exact) mass is 470 g/mol. The van der Waals surface area contributed by atoms with Crippen LogP contribution in [-0.2, 0) is 14.9 Å². The van der Waals surface area contributed by atoms with Crippen molar-refractivity contribution in [3.63, 3.8) is 0 Å². The fraction of sp³-hybridized carbons (Fsp3) is 0.455. The Morgan fingerprint density at radius 3 is 1.37 bits per heavy atom. The Balaban J connectivity index is 1.81. The summed E-state index contributed by atoms with van der Waals surface area (Å²) in [7, 11) is 3.71. The average Bonchev–Trinajstić information content (AvgIpc) is 2.91. The molecule has 0 aromatic heterocycles. The van der Waals surface area contributed by atoms with Gasteiger partial charge in [-0.1, -0.05) is 111 Å². The van der Waals surface area contributed by atoms with Gasteiger partial charge in [-0.15, -0.1) is 0 Å². The summed E-state index contributed by atoms with van der Waals surface area (Å²) in [5.41, 5.74) is 3.81. The average molecular weight is 471 g/mol. The van der Waals surface area contributed by atoms with Crippen LogP contribution in [0.3, 0.4) is 0 Å². The highest BCUT2D eigenvalue weighted by atomic mass is 16.5. The molecule has 35 heavy (non-hydrogen) atoms. The van der Waals surface area contributed by atoms with Crippen molar-refractivity contribution in [2.75, 3.05) is 27.4 Å². The standard InChI is InChI=1S/C33H42O2/c1-27-19-21-28(22-20-27)32(25-34-2,26-35-3)23-24-33(29-13-7-4-8-14-29,30-15-9-5-10-16-30)31-17-11-6-12-18-31/h4-18,27-28H,19-26H2,1-3H3. The van der Waals surface area contributed by atoms with Crippen molar-refractivity contribution in [1.82, 2.24) is 0 Å². The van der Waals surface area contributed by atoms with Crippen molar-refractivity contribution in [3.05, 3.63) is 108 Å². The maximum Gasteiger partial charge on any atom is 0.0543 e. The van der Waals surface area contributed by atoms with Crippen molar-refractivity contribution in [3.8, 4) is 0 Å². The normalized spacial score (nSPS) is 18.9. The van der Waals surface area contributed by atoms with E-state index in [0.29, 0.717) is 5.92 Å². The van der Waals surface area contributed by atoms with E-state index in [1.54, 1.807) is 0 Å². The SMILES string of the molecule is COCC(CCC(c1ccccc1)(c1ccccc1)c1ccccc1)(COC)C1CCC(C)CC1. The zero-order chi connectivity index (χ0) is 24.6. The van der Waals surface area contributed by atoms with Crippen LogP contribution < -0.4 is 0 Å². The molecule has 0 N–H and O–H groups in total. The minimum atomic E-state index is -0.238. The summed E-state index contributed by atoms with van der Waals surface area (Å²) >= 11 is 0. The van der Waals surface area contributed by atoms with Gasteiger partial charge in [-0.05, 0) is 54.2 Å². The lowest BCUT2D eigenvalue weighted by molar-refractivity contribution is -0.0523. The molecule has 0 aliphatic heterocycles. The molecular weight excluding hydrogens is 428 g/mol. The Hall–Kier alpha value is -2.42. The minimum Gasteiger partial charge on any atom is -0.384 e. The van der Waals surface area contributed by atoms with Crippen molar-refractivity contribution < 1.29 is 9.47 Å². The minimum absolute atomic E-state index is 0.00717. The molecule has 3 aromatic rings. The molecule has 1 aliphatic carbocycles. The fourth-order valence-electron chi connectivity index (χ4n) is 6.61. The molecule has 0 unspecified atom stereocenters. The van der Waals surface area contributed by atoms with Gasteiger partial charge in [-0.25, -0.2) is 0 Å². The van der Waals surface area contributed by atoms with E-state index in [2.05, 4.69) is 97.9 Å². The maximum atomic E-state index is 5.94. The number of ether oxygens (including phenoxy) is 2. The Morgan fingerprint density at radius 2 is 1.00 bits per heavy atom. The summed E-state index contributed by atoms with van der Waals surface area (Å²) in [6, 6.07) is 33.2. The predicted octanol–water partition coefficient (Wildman–Crippen LogP) is 7.91. The molecule has 0 atom stereocenters. The van der Waals surface area contributed by atoms with Gasteiger partial charge in [0, 0.05) is 25.0 Å². The van der Waals surface area contributed by atoms with E-state index >= 15 is 0 Å². The van der Waals surface area contributed by atoms with E-state index in [-0.39, 0.29) is 10.8 Å². The second-order valence-corrected chi connectivity index (χ2v) is 10.7. The lowest BCUT2D eigenvalue weighted by atomic mass is 9.60. The van der Waals surface area contributed by atoms with Crippen molar-refractivity contribution in [2.24, 2.45) is 17.3 Å². The number of hydrogen-bond acceptors (Lipinski definition) is 2. The van der Waals surface area contributed by atoms with Crippen LogP contribution in [0.5, 0.6) is 0 Å². The van der Waals surface area contributed by atoms with Crippen LogP contribution in [0.2, 0.25) is 0 Å². The molecule has 0 bridgehead atoms. The molecule has 0 saturated heterocycles. The van der Waals surface area contributed by atoms with Crippen molar-refractivity contribution in [2.45, 2.75) is 50.9 Å². The van der Waals surface area contributed by atoms with Gasteiger partial charge < -0.3 is 9.47 Å². The Morgan fingerprint density at radius 1 is 0.600 bits per heavy atom. The third-order valence-corrected chi connectivity index (χ3v) is 8.54. The lowest BCUT2D eigenvalue weighted by Crippen LogP contribution is -2.43. The van der Waals surface area contributed by atoms with E-state index in [0.717, 1.165) is 32.0 Å². The number of benzene rings is 3. The highest BCUT2D eigenvalue weighted by molar-refractivity contribution is 5.50. The number of methoxy groups -OCH3 is 2. The topological polar surface area (TPSA) is 18.5 Å². The smallest absolute Gasteiger partial charge is 0.0543 e. The molecule has 0 heterocycles. The van der Waals surface area contributed by atoms with Crippen LogP contribution >= 0.6 is 0 Å². The summed E-state index contributed by atoms with van der Waals surface area (Å²) in [5, 5.41) is 0. The summed E-state index contributed by atoms with van der Waals surface area (Å²) in [6.45, 7) is 3.89. The van der Waals surface area contributed by atoms with Gasteiger partial charge in [0.05, 0.1) is 13.2 Å². The van der Waals surface area contributed by atoms with Gasteiger partial charge in [0.25, 0.3) is 0 Å². The Bertz CT molecular complexity index is 888. The molecule has 1 saturated carbocycles. The first-order valence-electron chi connectivity index (χ1n) is 13.3. The van der Waals surface area contributed by atoms with E-state index < -0.39 is 0 Å². The molecule has 1 aliphatic rings. The molecule has 0 amide bonds. The second kappa shape index (κ2) is 12.0. The first-order chi connectivity index (χ1) is 17.1. The van der Waals surface area contributed by atoms with Crippen molar-refractivity contribution in [1.29, 1.82) is 0 Å². The van der Waals surface area contributed by atoms with Gasteiger partial charge in [0.1, 0.15) is 0 Å². The van der Waals surface area contributed by atoms with Crippen LogP contribution in [0, 0.1) is 17.3 Å². The summed E-state index contributed by atoms with van der Waals surface area (Å²) in [4.78, 5) is 0. The Kier molecular flexibility index (Phi) is 8.81. The molecule has 2 heteroatoms. The van der Waals surface area contributed by atoms with Gasteiger partial charge >= 0.3 is 0 Å². The molecule has 2 nitrogen and oxygen atoms in total. The molecule has 1 fully saturated rings. The predicted molar refractivity (Wildman–Crippen MR) is 146 cm³/mol. The first kappa shape index (κ1) is 25.7. The second-order valence-electron chi connectivity index (χ2n) is 10.7. The van der Waals surface area contributed by atoms with Crippen LogP contribution in [-0.4, -0.2) is 27.4 Å². The third kappa shape index (κ3) is 5.55. The first-order valence-corrected chi connectivity index (χ1v) is 13.3. The van der Waals surface area contributed by atoms with Crippen LogP contribution in [0.25, 0.3) is 0 Å². The zero-order valence-corrected chi connectivity index (χ0v) is 21.8. The molecule has 0 radical (unpaired) electrons. The van der Waals surface area contributed by atoms with E-state index in [1.165, 1.54) is 42.4 Å². The third-order valence-electron chi connectivity index (χ3n) is 8.54. The van der Waals surface area contributed by atoms with Gasteiger partial charge in [0.2, 0.25) is 0 Å². The van der Waals surface area contributed by atoms with Crippen molar-refractivity contribution >= 4 is 0 Å². The van der Waals surface area contributed by atoms with Crippen LogP contribution in [0.15, 0.2) is 91.0 Å². The number of hydrogen-bond donors (Lipinski definition) is 0. The molecule has 0 spiro atoms. The zero-order valence-electron chi connectivity index (χ0n) is 21.8. The van der Waals surface area contributed by atoms with E-state index in [9.17, 15) is 0 Å². The summed E-state index contributed by atoms with van der Waals surface area (Å²) < 4.78 is 11.9. The highest BCUT2D eigenvalue weighted by Gasteiger charge is 2.44. The van der Waals surface area contributed by atoms with E-state index in [4.69, 9.17) is 9.47 Å². The number of rotatable bonds is 11. The highest BCUT2D eigenvalue weighted by Crippen LogP contribution is 2.49. The fourth-order valence-corrected chi connectivity index (χ4v) is 6.61. The van der Waals surface area contributed by atoms with Crippen LogP contribution in [0.1, 0.15) is 62.1 Å². The molecule has 4 rings (SSSR count). The molecule has 3 aromatic carbocycles. The maximum absolute atomic E-state index is 5.94. The van der Waals surface area contributed by atoms with Gasteiger partial charge in [0.15, 0.2) is 0 Å². The van der Waals surface area contributed by atoms with Gasteiger partial charge in [-0.2, -0.15) is 0 Å². The molecular formula is C33H42O2. The van der Waals surface area contributed by atoms with Gasteiger partial charge in [-0.3, -0.25) is 0 Å². The lowest BCUT2D eigenvalue weighted by Gasteiger charge is -2.46. The summed E-state index contributed by atoms with van der Waals surface area (Å²) in [5.74, 6) is 1.45.